The lowest BCUT2D eigenvalue weighted by atomic mass is 10.2. The third-order valence-corrected chi connectivity index (χ3v) is 3.32. The molecule has 1 aromatic rings. The number of carbonyl (C=O) groups excluding carboxylic acids is 1. The first kappa shape index (κ1) is 12.2. The molecule has 1 amide bonds. The van der Waals surface area contributed by atoms with Crippen molar-refractivity contribution in [2.24, 2.45) is 7.05 Å². The van der Waals surface area contributed by atoms with Crippen LogP contribution in [0.15, 0.2) is 6.20 Å². The third kappa shape index (κ3) is 2.81. The lowest BCUT2D eigenvalue weighted by Gasteiger charge is -2.15. The Morgan fingerprint density at radius 3 is 2.60 bits per heavy atom. The predicted molar refractivity (Wildman–Crippen MR) is 63.3 cm³/mol. The van der Waals surface area contributed by atoms with Crippen LogP contribution in [0.3, 0.4) is 0 Å². The zero-order chi connectivity index (χ0) is 11.6. The molecule has 0 aliphatic heterocycles. The summed E-state index contributed by atoms with van der Waals surface area (Å²) in [5.74, 6) is -0.0700. The molecule has 0 fully saturated rings. The molecule has 0 spiro atoms. The van der Waals surface area contributed by atoms with E-state index in [-0.39, 0.29) is 16.8 Å². The zero-order valence-corrected chi connectivity index (χ0v) is 11.0. The van der Waals surface area contributed by atoms with Crippen molar-refractivity contribution in [3.63, 3.8) is 0 Å². The Hall–Kier alpha value is -0.840. The van der Waals surface area contributed by atoms with E-state index in [0.29, 0.717) is 5.56 Å². The maximum atomic E-state index is 11.8. The predicted octanol–water partition coefficient (Wildman–Crippen LogP) is 1.63. The summed E-state index contributed by atoms with van der Waals surface area (Å²) in [7, 11) is 1.82. The number of aryl methyl sites for hydroxylation is 1. The molecule has 1 N–H and O–H groups in total. The maximum Gasteiger partial charge on any atom is 0.254 e. The molecule has 0 radical (unpaired) electrons. The number of hydrogen-bond acceptors (Lipinski definition) is 2. The Balaban J connectivity index is 2.74. The van der Waals surface area contributed by atoms with Crippen LogP contribution in [0.4, 0.5) is 0 Å². The maximum absolute atomic E-state index is 11.8. The molecule has 2 atom stereocenters. The summed E-state index contributed by atoms with van der Waals surface area (Å²) in [6, 6.07) is 0.0945. The van der Waals surface area contributed by atoms with Crippen LogP contribution in [-0.4, -0.2) is 26.6 Å². The fourth-order valence-electron chi connectivity index (χ4n) is 1.12. The van der Waals surface area contributed by atoms with E-state index in [0.717, 1.165) is 5.69 Å². The van der Waals surface area contributed by atoms with Crippen LogP contribution in [-0.2, 0) is 7.05 Å². The number of nitrogens with one attached hydrogen (secondary N) is 1. The summed E-state index contributed by atoms with van der Waals surface area (Å²) in [5, 5.41) is 6.94. The van der Waals surface area contributed by atoms with Gasteiger partial charge in [-0.1, -0.05) is 22.9 Å². The van der Waals surface area contributed by atoms with E-state index in [4.69, 9.17) is 0 Å². The van der Waals surface area contributed by atoms with E-state index in [1.807, 2.05) is 27.8 Å². The number of halogens is 1. The van der Waals surface area contributed by atoms with Crippen molar-refractivity contribution in [2.75, 3.05) is 0 Å². The van der Waals surface area contributed by atoms with Gasteiger partial charge < -0.3 is 5.32 Å². The number of alkyl halides is 1. The molecule has 0 saturated carbocycles. The van der Waals surface area contributed by atoms with Gasteiger partial charge in [-0.3, -0.25) is 9.48 Å². The van der Waals surface area contributed by atoms with Gasteiger partial charge >= 0.3 is 0 Å². The van der Waals surface area contributed by atoms with Crippen molar-refractivity contribution in [1.82, 2.24) is 15.1 Å². The van der Waals surface area contributed by atoms with Gasteiger partial charge in [-0.25, -0.2) is 0 Å². The van der Waals surface area contributed by atoms with Crippen molar-refractivity contribution in [2.45, 2.75) is 31.6 Å². The van der Waals surface area contributed by atoms with E-state index in [1.54, 1.807) is 10.9 Å². The topological polar surface area (TPSA) is 46.9 Å². The van der Waals surface area contributed by atoms with Crippen LogP contribution in [0.5, 0.6) is 0 Å². The summed E-state index contributed by atoms with van der Waals surface area (Å²) in [5.41, 5.74) is 1.51. The number of amides is 1. The first-order valence-corrected chi connectivity index (χ1v) is 5.78. The monoisotopic (exact) mass is 273 g/mol. The molecule has 0 aromatic carbocycles. The number of nitrogens with zero attached hydrogens (tertiary/aromatic N) is 2. The molecule has 4 nitrogen and oxygen atoms in total. The zero-order valence-electron chi connectivity index (χ0n) is 9.41. The highest BCUT2D eigenvalue weighted by atomic mass is 79.9. The molecule has 1 aromatic heterocycles. The van der Waals surface area contributed by atoms with E-state index in [1.165, 1.54) is 0 Å². The van der Waals surface area contributed by atoms with E-state index < -0.39 is 0 Å². The SMILES string of the molecule is Cc1c(C(=O)NC(C)C(C)Br)cnn1C. The quantitative estimate of drug-likeness (QED) is 0.851. The van der Waals surface area contributed by atoms with E-state index in [2.05, 4.69) is 26.3 Å². The molecule has 15 heavy (non-hydrogen) atoms. The van der Waals surface area contributed by atoms with Crippen molar-refractivity contribution in [1.29, 1.82) is 0 Å². The Kier molecular flexibility index (Phi) is 3.90. The first-order valence-electron chi connectivity index (χ1n) is 4.87. The van der Waals surface area contributed by atoms with Crippen LogP contribution in [0.1, 0.15) is 29.9 Å². The van der Waals surface area contributed by atoms with Crippen LogP contribution < -0.4 is 5.32 Å². The van der Waals surface area contributed by atoms with Gasteiger partial charge in [0.05, 0.1) is 11.8 Å². The van der Waals surface area contributed by atoms with Crippen molar-refractivity contribution >= 4 is 21.8 Å². The fraction of sp³-hybridized carbons (Fsp3) is 0.600. The average molecular weight is 274 g/mol. The molecule has 0 aliphatic rings. The van der Waals surface area contributed by atoms with Crippen LogP contribution >= 0.6 is 15.9 Å². The van der Waals surface area contributed by atoms with Gasteiger partial charge in [-0.05, 0) is 13.8 Å². The molecular weight excluding hydrogens is 258 g/mol. The minimum atomic E-state index is -0.0700. The van der Waals surface area contributed by atoms with E-state index >= 15 is 0 Å². The highest BCUT2D eigenvalue weighted by Gasteiger charge is 2.16. The second kappa shape index (κ2) is 4.79. The Labute approximate surface area is 98.2 Å². The molecule has 5 heteroatoms. The van der Waals surface area contributed by atoms with Crippen molar-refractivity contribution in [3.05, 3.63) is 17.5 Å². The van der Waals surface area contributed by atoms with Gasteiger partial charge in [-0.15, -0.1) is 0 Å². The van der Waals surface area contributed by atoms with Crippen LogP contribution in [0, 0.1) is 6.92 Å². The molecule has 0 aliphatic carbocycles. The first-order chi connectivity index (χ1) is 6.93. The van der Waals surface area contributed by atoms with Gasteiger partial charge in [0.1, 0.15) is 0 Å². The Morgan fingerprint density at radius 1 is 1.60 bits per heavy atom. The number of hydrogen-bond donors (Lipinski definition) is 1. The summed E-state index contributed by atoms with van der Waals surface area (Å²) in [4.78, 5) is 12.1. The Bertz CT molecular complexity index is 360. The number of carbonyl (C=O) groups is 1. The molecular formula is C10H16BrN3O. The average Bonchev–Trinajstić information content (AvgIpc) is 2.47. The second-order valence-electron chi connectivity index (χ2n) is 3.71. The highest BCUT2D eigenvalue weighted by Crippen LogP contribution is 2.08. The van der Waals surface area contributed by atoms with Gasteiger partial charge in [0.25, 0.3) is 5.91 Å². The largest absolute Gasteiger partial charge is 0.348 e. The standard InChI is InChI=1S/C10H16BrN3O/c1-6(11)7(2)13-10(15)9-5-12-14(4)8(9)3/h5-7H,1-4H3,(H,13,15). The van der Waals surface area contributed by atoms with E-state index in [9.17, 15) is 4.79 Å². The van der Waals surface area contributed by atoms with Crippen molar-refractivity contribution < 1.29 is 4.79 Å². The summed E-state index contributed by atoms with van der Waals surface area (Å²) < 4.78 is 1.69. The minimum absolute atomic E-state index is 0.0700. The molecule has 0 saturated heterocycles. The van der Waals surface area contributed by atoms with Gasteiger partial charge in [0.2, 0.25) is 0 Å². The normalized spacial score (nSPS) is 14.7. The molecule has 0 bridgehead atoms. The number of rotatable bonds is 3. The van der Waals surface area contributed by atoms with Gasteiger partial charge in [0.15, 0.2) is 0 Å². The molecule has 1 rings (SSSR count). The fourth-order valence-corrected chi connectivity index (χ4v) is 1.25. The van der Waals surface area contributed by atoms with Gasteiger partial charge in [-0.2, -0.15) is 5.10 Å². The molecule has 84 valence electrons. The minimum Gasteiger partial charge on any atom is -0.348 e. The Morgan fingerprint density at radius 2 is 2.20 bits per heavy atom. The molecule has 2 unspecified atom stereocenters. The lowest BCUT2D eigenvalue weighted by molar-refractivity contribution is 0.0939. The number of aromatic nitrogens is 2. The summed E-state index contributed by atoms with van der Waals surface area (Å²) >= 11 is 3.43. The van der Waals surface area contributed by atoms with Crippen LogP contribution in [0.2, 0.25) is 0 Å². The summed E-state index contributed by atoms with van der Waals surface area (Å²) in [6.45, 7) is 5.84. The van der Waals surface area contributed by atoms with Gasteiger partial charge in [0, 0.05) is 23.6 Å². The van der Waals surface area contributed by atoms with Crippen molar-refractivity contribution in [3.8, 4) is 0 Å². The second-order valence-corrected chi connectivity index (χ2v) is 5.15. The highest BCUT2D eigenvalue weighted by molar-refractivity contribution is 9.09. The lowest BCUT2D eigenvalue weighted by Crippen LogP contribution is -2.37. The third-order valence-electron chi connectivity index (χ3n) is 2.53. The molecule has 1 heterocycles. The smallest absolute Gasteiger partial charge is 0.254 e. The summed E-state index contributed by atoms with van der Waals surface area (Å²) in [6.07, 6.45) is 1.59. The van der Waals surface area contributed by atoms with Crippen LogP contribution in [0.25, 0.3) is 0 Å².